The Bertz CT molecular complexity index is 858. The molecule has 1 aromatic rings. The molecule has 1 saturated heterocycles. The number of hydrogen-bond donors (Lipinski definition) is 1. The maximum atomic E-state index is 13.0. The molecular weight excluding hydrogens is 416 g/mol. The van der Waals surface area contributed by atoms with Crippen LogP contribution in [-0.2, 0) is 14.8 Å². The van der Waals surface area contributed by atoms with E-state index in [1.54, 1.807) is 24.1 Å². The third kappa shape index (κ3) is 5.84. The molecular formula is C22H34N4O4S. The van der Waals surface area contributed by atoms with Crippen LogP contribution in [0.25, 0.3) is 0 Å². The van der Waals surface area contributed by atoms with Crippen molar-refractivity contribution in [2.24, 2.45) is 0 Å². The Labute approximate surface area is 185 Å². The Balaban J connectivity index is 1.58. The summed E-state index contributed by atoms with van der Waals surface area (Å²) < 4.78 is 27.5. The summed E-state index contributed by atoms with van der Waals surface area (Å²) >= 11 is 0. The molecule has 1 aliphatic heterocycles. The van der Waals surface area contributed by atoms with Crippen LogP contribution in [0.15, 0.2) is 29.2 Å². The van der Waals surface area contributed by atoms with Gasteiger partial charge in [0.1, 0.15) is 0 Å². The lowest BCUT2D eigenvalue weighted by atomic mass is 9.96. The molecule has 2 amide bonds. The first-order valence-electron chi connectivity index (χ1n) is 11.2. The van der Waals surface area contributed by atoms with Crippen molar-refractivity contribution < 1.29 is 18.0 Å². The zero-order chi connectivity index (χ0) is 22.4. The summed E-state index contributed by atoms with van der Waals surface area (Å²) in [5.41, 5.74) is 0.483. The summed E-state index contributed by atoms with van der Waals surface area (Å²) in [6.45, 7) is 5.21. The third-order valence-corrected chi connectivity index (χ3v) is 8.19. The van der Waals surface area contributed by atoms with E-state index >= 15 is 0 Å². The molecule has 0 aromatic heterocycles. The van der Waals surface area contributed by atoms with Gasteiger partial charge in [0.15, 0.2) is 0 Å². The van der Waals surface area contributed by atoms with Gasteiger partial charge < -0.3 is 10.2 Å². The second kappa shape index (κ2) is 10.6. The summed E-state index contributed by atoms with van der Waals surface area (Å²) in [7, 11) is -1.91. The first kappa shape index (κ1) is 23.7. The van der Waals surface area contributed by atoms with Gasteiger partial charge in [-0.05, 0) is 44.0 Å². The highest BCUT2D eigenvalue weighted by Gasteiger charge is 2.29. The van der Waals surface area contributed by atoms with Gasteiger partial charge in [0.2, 0.25) is 15.9 Å². The highest BCUT2D eigenvalue weighted by Crippen LogP contribution is 2.26. The maximum absolute atomic E-state index is 13.0. The van der Waals surface area contributed by atoms with E-state index in [4.69, 9.17) is 0 Å². The molecule has 0 atom stereocenters. The van der Waals surface area contributed by atoms with E-state index in [1.807, 2.05) is 11.8 Å². The highest BCUT2D eigenvalue weighted by molar-refractivity contribution is 7.89. The van der Waals surface area contributed by atoms with Crippen LogP contribution in [0.5, 0.6) is 0 Å². The lowest BCUT2D eigenvalue weighted by Crippen LogP contribution is -2.51. The second-order valence-electron chi connectivity index (χ2n) is 8.36. The number of amides is 2. The van der Waals surface area contributed by atoms with Gasteiger partial charge in [-0.3, -0.25) is 14.5 Å². The molecule has 1 saturated carbocycles. The number of carbonyl (C=O) groups excluding carboxylic acids is 2. The van der Waals surface area contributed by atoms with Crippen molar-refractivity contribution in [3.8, 4) is 0 Å². The van der Waals surface area contributed by atoms with Crippen molar-refractivity contribution in [3.63, 3.8) is 0 Å². The molecule has 9 heteroatoms. The van der Waals surface area contributed by atoms with Gasteiger partial charge >= 0.3 is 0 Å². The van der Waals surface area contributed by atoms with Crippen LogP contribution in [0.1, 0.15) is 49.4 Å². The van der Waals surface area contributed by atoms with Gasteiger partial charge in [0.05, 0.1) is 11.4 Å². The summed E-state index contributed by atoms with van der Waals surface area (Å²) in [5, 5.41) is 2.79. The Morgan fingerprint density at radius 3 is 2.23 bits per heavy atom. The minimum Gasteiger partial charge on any atom is -0.355 e. The topological polar surface area (TPSA) is 90.0 Å². The van der Waals surface area contributed by atoms with Crippen LogP contribution < -0.4 is 5.32 Å². The molecule has 172 valence electrons. The van der Waals surface area contributed by atoms with E-state index in [0.717, 1.165) is 25.7 Å². The molecule has 2 fully saturated rings. The Morgan fingerprint density at radius 1 is 1.03 bits per heavy atom. The van der Waals surface area contributed by atoms with E-state index in [1.165, 1.54) is 22.9 Å². The predicted molar refractivity (Wildman–Crippen MR) is 119 cm³/mol. The zero-order valence-corrected chi connectivity index (χ0v) is 19.4. The maximum Gasteiger partial charge on any atom is 0.253 e. The van der Waals surface area contributed by atoms with Gasteiger partial charge in [0, 0.05) is 51.4 Å². The number of likely N-dealkylation sites (N-methyl/N-ethyl adjacent to an activating group) is 1. The van der Waals surface area contributed by atoms with Crippen LogP contribution in [-0.4, -0.2) is 86.7 Å². The quantitative estimate of drug-likeness (QED) is 0.681. The largest absolute Gasteiger partial charge is 0.355 e. The molecule has 0 bridgehead atoms. The molecule has 8 nitrogen and oxygen atoms in total. The Hall–Kier alpha value is -1.97. The summed E-state index contributed by atoms with van der Waals surface area (Å²) in [6, 6.07) is 6.33. The van der Waals surface area contributed by atoms with E-state index in [-0.39, 0.29) is 22.8 Å². The minimum atomic E-state index is -3.57. The van der Waals surface area contributed by atoms with Crippen LogP contribution in [0.4, 0.5) is 0 Å². The number of rotatable bonds is 7. The lowest BCUT2D eigenvalue weighted by molar-refractivity contribution is -0.122. The monoisotopic (exact) mass is 450 g/mol. The van der Waals surface area contributed by atoms with E-state index in [9.17, 15) is 18.0 Å². The standard InChI is InChI=1S/C22H34N4O4S/c1-3-23-21(27)17-25-13-15-26(16-14-25)22(28)18-9-11-20(12-10-18)31(29,30)24(2)19-7-5-4-6-8-19/h9-12,19H,3-8,13-17H2,1-2H3,(H,23,27). The zero-order valence-electron chi connectivity index (χ0n) is 18.5. The molecule has 0 radical (unpaired) electrons. The first-order valence-corrected chi connectivity index (χ1v) is 12.6. The number of piperazine rings is 1. The molecule has 1 aromatic carbocycles. The van der Waals surface area contributed by atoms with Crippen molar-refractivity contribution in [2.45, 2.75) is 50.0 Å². The normalized spacial score (nSPS) is 18.9. The number of nitrogens with one attached hydrogen (secondary N) is 1. The van der Waals surface area contributed by atoms with Gasteiger partial charge in [-0.1, -0.05) is 19.3 Å². The Morgan fingerprint density at radius 2 is 1.65 bits per heavy atom. The number of hydrogen-bond acceptors (Lipinski definition) is 5. The van der Waals surface area contributed by atoms with E-state index in [2.05, 4.69) is 5.32 Å². The van der Waals surface area contributed by atoms with E-state index < -0.39 is 10.0 Å². The SMILES string of the molecule is CCNC(=O)CN1CCN(C(=O)c2ccc(S(=O)(=O)N(C)C3CCCCC3)cc2)CC1. The molecule has 1 heterocycles. The van der Waals surface area contributed by atoms with Gasteiger partial charge in [-0.15, -0.1) is 0 Å². The second-order valence-corrected chi connectivity index (χ2v) is 10.4. The van der Waals surface area contributed by atoms with Crippen molar-refractivity contribution in [2.75, 3.05) is 46.3 Å². The third-order valence-electron chi connectivity index (χ3n) is 6.27. The molecule has 2 aliphatic rings. The molecule has 0 unspecified atom stereocenters. The first-order chi connectivity index (χ1) is 14.8. The van der Waals surface area contributed by atoms with Crippen LogP contribution >= 0.6 is 0 Å². The molecule has 3 rings (SSSR count). The van der Waals surface area contributed by atoms with Gasteiger partial charge in [-0.2, -0.15) is 4.31 Å². The molecule has 31 heavy (non-hydrogen) atoms. The van der Waals surface area contributed by atoms with Crippen molar-refractivity contribution in [3.05, 3.63) is 29.8 Å². The minimum absolute atomic E-state index is 0.00253. The number of sulfonamides is 1. The Kier molecular flexibility index (Phi) is 8.07. The lowest BCUT2D eigenvalue weighted by Gasteiger charge is -2.34. The number of nitrogens with zero attached hydrogens (tertiary/aromatic N) is 3. The molecule has 1 N–H and O–H groups in total. The predicted octanol–water partition coefficient (Wildman–Crippen LogP) is 1.53. The van der Waals surface area contributed by atoms with Crippen LogP contribution in [0.3, 0.4) is 0 Å². The van der Waals surface area contributed by atoms with Crippen molar-refractivity contribution in [1.29, 1.82) is 0 Å². The fraction of sp³-hybridized carbons (Fsp3) is 0.636. The average molecular weight is 451 g/mol. The summed E-state index contributed by atoms with van der Waals surface area (Å²) in [4.78, 5) is 28.6. The number of benzene rings is 1. The van der Waals surface area contributed by atoms with E-state index in [0.29, 0.717) is 44.8 Å². The fourth-order valence-corrected chi connectivity index (χ4v) is 5.74. The van der Waals surface area contributed by atoms with Crippen LogP contribution in [0, 0.1) is 0 Å². The van der Waals surface area contributed by atoms with Gasteiger partial charge in [-0.25, -0.2) is 8.42 Å². The number of carbonyl (C=O) groups is 2. The molecule has 0 spiro atoms. The van der Waals surface area contributed by atoms with Crippen LogP contribution in [0.2, 0.25) is 0 Å². The fourth-order valence-electron chi connectivity index (χ4n) is 4.32. The molecule has 1 aliphatic carbocycles. The highest BCUT2D eigenvalue weighted by atomic mass is 32.2. The van der Waals surface area contributed by atoms with Crippen molar-refractivity contribution >= 4 is 21.8 Å². The smallest absolute Gasteiger partial charge is 0.253 e. The summed E-state index contributed by atoms with van der Waals surface area (Å²) in [5.74, 6) is -0.112. The van der Waals surface area contributed by atoms with Crippen molar-refractivity contribution in [1.82, 2.24) is 19.4 Å². The average Bonchev–Trinajstić information content (AvgIpc) is 2.79. The summed E-state index contributed by atoms with van der Waals surface area (Å²) in [6.07, 6.45) is 5.10. The van der Waals surface area contributed by atoms with Gasteiger partial charge in [0.25, 0.3) is 5.91 Å².